The van der Waals surface area contributed by atoms with Crippen LogP contribution >= 0.6 is 0 Å². The van der Waals surface area contributed by atoms with E-state index in [-0.39, 0.29) is 0 Å². The molecule has 0 atom stereocenters. The fourth-order valence-electron chi connectivity index (χ4n) is 2.63. The molecule has 1 saturated carbocycles. The summed E-state index contributed by atoms with van der Waals surface area (Å²) in [4.78, 5) is 8.51. The molecule has 3 heteroatoms. The summed E-state index contributed by atoms with van der Waals surface area (Å²) in [6, 6.07) is 6.97. The third-order valence-corrected chi connectivity index (χ3v) is 3.59. The maximum atomic E-state index is 5.07. The average molecular weight is 228 g/mol. The van der Waals surface area contributed by atoms with Crippen LogP contribution in [0.15, 0.2) is 24.4 Å². The van der Waals surface area contributed by atoms with Gasteiger partial charge in [-0.1, -0.05) is 25.0 Å². The Morgan fingerprint density at radius 1 is 1.24 bits per heavy atom. The molecule has 0 amide bonds. The maximum Gasteiger partial charge on any atom is 0.316 e. The van der Waals surface area contributed by atoms with E-state index < -0.39 is 0 Å². The normalized spacial score (nSPS) is 16.5. The Morgan fingerprint density at radius 3 is 2.82 bits per heavy atom. The van der Waals surface area contributed by atoms with E-state index in [1.165, 1.54) is 31.2 Å². The van der Waals surface area contributed by atoms with Gasteiger partial charge < -0.3 is 4.74 Å². The predicted molar refractivity (Wildman–Crippen MR) is 67.3 cm³/mol. The smallest absolute Gasteiger partial charge is 0.316 e. The third kappa shape index (κ3) is 1.97. The maximum absolute atomic E-state index is 5.07. The van der Waals surface area contributed by atoms with Crippen molar-refractivity contribution in [3.05, 3.63) is 30.0 Å². The first-order valence-electron chi connectivity index (χ1n) is 6.17. The second-order valence-corrected chi connectivity index (χ2v) is 4.66. The summed E-state index contributed by atoms with van der Waals surface area (Å²) in [5, 5.41) is 1.08. The van der Waals surface area contributed by atoms with Crippen LogP contribution in [0.4, 0.5) is 0 Å². The Kier molecular flexibility index (Phi) is 2.67. The summed E-state index contributed by atoms with van der Waals surface area (Å²) in [7, 11) is 1.60. The average Bonchev–Trinajstić information content (AvgIpc) is 2.91. The van der Waals surface area contributed by atoms with Gasteiger partial charge in [0.15, 0.2) is 0 Å². The number of aromatic nitrogens is 2. The lowest BCUT2D eigenvalue weighted by molar-refractivity contribution is 0.382. The third-order valence-electron chi connectivity index (χ3n) is 3.59. The van der Waals surface area contributed by atoms with E-state index in [9.17, 15) is 0 Å². The molecule has 0 spiro atoms. The lowest BCUT2D eigenvalue weighted by Gasteiger charge is -2.10. The number of nitrogens with zero attached hydrogens (tertiary/aromatic N) is 2. The standard InChI is InChI=1S/C14H16N2O/c1-17-14-15-9-12-7-6-11(8-13(12)16-14)10-4-2-3-5-10/h6-10H,2-5H2,1H3. The SMILES string of the molecule is COc1ncc2ccc(C3CCCC3)cc2n1. The van der Waals surface area contributed by atoms with Crippen LogP contribution < -0.4 is 4.74 Å². The van der Waals surface area contributed by atoms with E-state index in [0.29, 0.717) is 6.01 Å². The minimum atomic E-state index is 0.445. The van der Waals surface area contributed by atoms with Gasteiger partial charge in [0.1, 0.15) is 0 Å². The van der Waals surface area contributed by atoms with Crippen molar-refractivity contribution in [3.63, 3.8) is 0 Å². The van der Waals surface area contributed by atoms with Crippen molar-refractivity contribution >= 4 is 10.9 Å². The Hall–Kier alpha value is -1.64. The molecule has 1 fully saturated rings. The highest BCUT2D eigenvalue weighted by Gasteiger charge is 2.17. The van der Waals surface area contributed by atoms with E-state index >= 15 is 0 Å². The highest BCUT2D eigenvalue weighted by molar-refractivity contribution is 5.78. The van der Waals surface area contributed by atoms with Crippen LogP contribution in [0.25, 0.3) is 10.9 Å². The molecule has 3 rings (SSSR count). The van der Waals surface area contributed by atoms with Crippen molar-refractivity contribution in [1.82, 2.24) is 9.97 Å². The van der Waals surface area contributed by atoms with Crippen LogP contribution in [0.2, 0.25) is 0 Å². The largest absolute Gasteiger partial charge is 0.467 e. The van der Waals surface area contributed by atoms with Crippen LogP contribution in [-0.4, -0.2) is 17.1 Å². The topological polar surface area (TPSA) is 35.0 Å². The molecule has 0 bridgehead atoms. The molecule has 17 heavy (non-hydrogen) atoms. The second kappa shape index (κ2) is 4.32. The van der Waals surface area contributed by atoms with Gasteiger partial charge in [0.05, 0.1) is 12.6 Å². The van der Waals surface area contributed by atoms with Gasteiger partial charge in [-0.15, -0.1) is 0 Å². The molecule has 0 N–H and O–H groups in total. The number of fused-ring (bicyclic) bond motifs is 1. The summed E-state index contributed by atoms with van der Waals surface area (Å²) >= 11 is 0. The highest BCUT2D eigenvalue weighted by atomic mass is 16.5. The molecule has 1 aliphatic rings. The van der Waals surface area contributed by atoms with Gasteiger partial charge in [-0.3, -0.25) is 0 Å². The van der Waals surface area contributed by atoms with Crippen LogP contribution in [0.5, 0.6) is 6.01 Å². The molecule has 1 aromatic heterocycles. The van der Waals surface area contributed by atoms with E-state index in [4.69, 9.17) is 4.74 Å². The van der Waals surface area contributed by atoms with E-state index in [0.717, 1.165) is 16.8 Å². The Balaban J connectivity index is 2.03. The van der Waals surface area contributed by atoms with E-state index in [2.05, 4.69) is 28.2 Å². The van der Waals surface area contributed by atoms with Gasteiger partial charge in [-0.05, 0) is 30.4 Å². The lowest BCUT2D eigenvalue weighted by atomic mass is 9.97. The molecule has 88 valence electrons. The molecule has 1 aromatic carbocycles. The lowest BCUT2D eigenvalue weighted by Crippen LogP contribution is -1.95. The van der Waals surface area contributed by atoms with Crippen LogP contribution in [0.1, 0.15) is 37.2 Å². The first kappa shape index (κ1) is 10.5. The summed E-state index contributed by atoms with van der Waals surface area (Å²) < 4.78 is 5.07. The Morgan fingerprint density at radius 2 is 2.06 bits per heavy atom. The zero-order valence-corrected chi connectivity index (χ0v) is 10.0. The van der Waals surface area contributed by atoms with E-state index in [1.807, 2.05) is 6.20 Å². The fraction of sp³-hybridized carbons (Fsp3) is 0.429. The number of methoxy groups -OCH3 is 1. The quantitative estimate of drug-likeness (QED) is 0.791. The molecule has 1 heterocycles. The van der Waals surface area contributed by atoms with Crippen molar-refractivity contribution in [2.24, 2.45) is 0 Å². The fourth-order valence-corrected chi connectivity index (χ4v) is 2.63. The summed E-state index contributed by atoms with van der Waals surface area (Å²) in [5.41, 5.74) is 2.40. The molecule has 0 radical (unpaired) electrons. The minimum Gasteiger partial charge on any atom is -0.467 e. The monoisotopic (exact) mass is 228 g/mol. The predicted octanol–water partition coefficient (Wildman–Crippen LogP) is 3.30. The van der Waals surface area contributed by atoms with Gasteiger partial charge in [0, 0.05) is 11.6 Å². The molecule has 1 aliphatic carbocycles. The first-order valence-corrected chi connectivity index (χ1v) is 6.17. The van der Waals surface area contributed by atoms with Gasteiger partial charge in [0.25, 0.3) is 0 Å². The number of ether oxygens (including phenoxy) is 1. The number of benzene rings is 1. The summed E-state index contributed by atoms with van der Waals surface area (Å²) in [5.74, 6) is 0.723. The van der Waals surface area contributed by atoms with Crippen molar-refractivity contribution in [3.8, 4) is 6.01 Å². The van der Waals surface area contributed by atoms with Crippen molar-refractivity contribution in [2.75, 3.05) is 7.11 Å². The summed E-state index contributed by atoms with van der Waals surface area (Å²) in [6.45, 7) is 0. The molecule has 0 unspecified atom stereocenters. The highest BCUT2D eigenvalue weighted by Crippen LogP contribution is 2.34. The number of hydrogen-bond acceptors (Lipinski definition) is 3. The van der Waals surface area contributed by atoms with Gasteiger partial charge >= 0.3 is 6.01 Å². The van der Waals surface area contributed by atoms with Gasteiger partial charge in [-0.2, -0.15) is 4.98 Å². The molecule has 0 saturated heterocycles. The van der Waals surface area contributed by atoms with Crippen LogP contribution in [-0.2, 0) is 0 Å². The summed E-state index contributed by atoms with van der Waals surface area (Å²) in [6.07, 6.45) is 7.16. The molecular formula is C14H16N2O. The number of hydrogen-bond donors (Lipinski definition) is 0. The van der Waals surface area contributed by atoms with Gasteiger partial charge in [-0.25, -0.2) is 4.98 Å². The molecule has 2 aromatic rings. The number of rotatable bonds is 2. The second-order valence-electron chi connectivity index (χ2n) is 4.66. The minimum absolute atomic E-state index is 0.445. The molecular weight excluding hydrogens is 212 g/mol. The first-order chi connectivity index (χ1) is 8.36. The van der Waals surface area contributed by atoms with Crippen LogP contribution in [0.3, 0.4) is 0 Å². The molecule has 0 aliphatic heterocycles. The Labute approximate surface area is 101 Å². The zero-order chi connectivity index (χ0) is 11.7. The van der Waals surface area contributed by atoms with E-state index in [1.54, 1.807) is 7.11 Å². The van der Waals surface area contributed by atoms with Crippen molar-refractivity contribution < 1.29 is 4.74 Å². The zero-order valence-electron chi connectivity index (χ0n) is 10.0. The Bertz CT molecular complexity index is 533. The van der Waals surface area contributed by atoms with Crippen molar-refractivity contribution in [2.45, 2.75) is 31.6 Å². The van der Waals surface area contributed by atoms with Gasteiger partial charge in [0.2, 0.25) is 0 Å². The van der Waals surface area contributed by atoms with Crippen LogP contribution in [0, 0.1) is 0 Å². The van der Waals surface area contributed by atoms with Crippen molar-refractivity contribution in [1.29, 1.82) is 0 Å². The molecule has 3 nitrogen and oxygen atoms in total.